The molecule has 1 aliphatic carbocycles. The smallest absolute Gasteiger partial charge is 0.234 e. The van der Waals surface area contributed by atoms with Gasteiger partial charge >= 0.3 is 0 Å². The van der Waals surface area contributed by atoms with Crippen molar-refractivity contribution in [3.05, 3.63) is 39.9 Å². The summed E-state index contributed by atoms with van der Waals surface area (Å²) in [6, 6.07) is 7.10. The van der Waals surface area contributed by atoms with Crippen LogP contribution in [0.2, 0.25) is 0 Å². The number of carbonyl (C=O) groups excluding carboxylic acids is 1. The number of thioether (sulfide) groups is 1. The molecule has 26 heavy (non-hydrogen) atoms. The third kappa shape index (κ3) is 5.44. The number of hydrogen-bond donors (Lipinski definition) is 0. The van der Waals surface area contributed by atoms with Crippen LogP contribution < -0.4 is 0 Å². The molecule has 7 heteroatoms. The van der Waals surface area contributed by atoms with E-state index in [1.54, 1.807) is 11.8 Å². The second kappa shape index (κ2) is 9.72. The number of benzene rings is 1. The molecule has 0 heterocycles. The van der Waals surface area contributed by atoms with Gasteiger partial charge in [-0.3, -0.25) is 14.9 Å². The quantitative estimate of drug-likeness (QED) is 0.355. The number of carbonyl (C=O) groups is 1. The minimum atomic E-state index is -1.00. The molecule has 1 fully saturated rings. The van der Waals surface area contributed by atoms with E-state index in [4.69, 9.17) is 16.3 Å². The van der Waals surface area contributed by atoms with E-state index in [9.17, 15) is 14.9 Å². The zero-order chi connectivity index (χ0) is 19.3. The molecule has 0 radical (unpaired) electrons. The van der Waals surface area contributed by atoms with Gasteiger partial charge in [0.05, 0.1) is 12.2 Å². The Morgan fingerprint density at radius 2 is 1.92 bits per heavy atom. The Hall–Kier alpha value is -1.11. The van der Waals surface area contributed by atoms with Gasteiger partial charge in [0.1, 0.15) is 5.92 Å². The number of halogens is 1. The van der Waals surface area contributed by atoms with Crippen LogP contribution in [0, 0.1) is 23.0 Å². The van der Waals surface area contributed by atoms with Crippen molar-refractivity contribution in [3.8, 4) is 0 Å². The van der Waals surface area contributed by atoms with Crippen LogP contribution in [-0.4, -0.2) is 33.7 Å². The molecule has 2 rings (SSSR count). The van der Waals surface area contributed by atoms with Crippen molar-refractivity contribution in [2.24, 2.45) is 5.92 Å². The van der Waals surface area contributed by atoms with Gasteiger partial charge in [-0.15, -0.1) is 11.8 Å². The first-order chi connectivity index (χ1) is 12.3. The Morgan fingerprint density at radius 3 is 2.42 bits per heavy atom. The van der Waals surface area contributed by atoms with E-state index in [1.165, 1.54) is 5.56 Å². The minimum Gasteiger partial charge on any atom is -0.374 e. The van der Waals surface area contributed by atoms with Crippen molar-refractivity contribution < 1.29 is 14.5 Å². The lowest BCUT2D eigenvalue weighted by Crippen LogP contribution is -2.49. The van der Waals surface area contributed by atoms with Gasteiger partial charge in [0.25, 0.3) is 0 Å². The van der Waals surface area contributed by atoms with Gasteiger partial charge in [0.15, 0.2) is 0 Å². The van der Waals surface area contributed by atoms with Crippen molar-refractivity contribution in [3.63, 3.8) is 0 Å². The molecule has 0 bridgehead atoms. The topological polar surface area (TPSA) is 69.4 Å². The SMILES string of the molecule is CCC(CC)OC1CC(Sc2ccc(C)cc2)CC([N+](=O)[O-])C1C(=O)Cl. The molecule has 0 spiro atoms. The normalized spacial score (nSPS) is 26.0. The fraction of sp³-hybridized carbons (Fsp3) is 0.632. The zero-order valence-electron chi connectivity index (χ0n) is 15.4. The predicted octanol–water partition coefficient (Wildman–Crippen LogP) is 4.85. The molecule has 0 aliphatic heterocycles. The number of nitro groups is 1. The van der Waals surface area contributed by atoms with Crippen LogP contribution in [0.3, 0.4) is 0 Å². The molecule has 1 saturated carbocycles. The number of nitrogens with zero attached hydrogens (tertiary/aromatic N) is 1. The van der Waals surface area contributed by atoms with Crippen molar-refractivity contribution in [2.45, 2.75) is 74.8 Å². The highest BCUT2D eigenvalue weighted by molar-refractivity contribution is 8.00. The standard InChI is InChI=1S/C19H26ClNO4S/c1-4-13(5-2)25-17-11-15(26-14-8-6-12(3)7-9-14)10-16(21(23)24)18(17)19(20)22/h6-9,13,15-18H,4-5,10-11H2,1-3H3. The lowest BCUT2D eigenvalue weighted by Gasteiger charge is -2.37. The first kappa shape index (κ1) is 21.2. The summed E-state index contributed by atoms with van der Waals surface area (Å²) >= 11 is 7.37. The summed E-state index contributed by atoms with van der Waals surface area (Å²) in [6.07, 6.45) is 1.97. The lowest BCUT2D eigenvalue weighted by molar-refractivity contribution is -0.535. The van der Waals surface area contributed by atoms with Crippen molar-refractivity contribution in [2.75, 3.05) is 0 Å². The summed E-state index contributed by atoms with van der Waals surface area (Å²) in [7, 11) is 0. The van der Waals surface area contributed by atoms with E-state index in [0.717, 1.165) is 17.7 Å². The van der Waals surface area contributed by atoms with Crippen molar-refractivity contribution >= 4 is 28.6 Å². The van der Waals surface area contributed by atoms with Crippen LogP contribution in [0.1, 0.15) is 45.1 Å². The van der Waals surface area contributed by atoms with Gasteiger partial charge < -0.3 is 4.74 Å². The van der Waals surface area contributed by atoms with Gasteiger partial charge in [0.2, 0.25) is 11.3 Å². The Bertz CT molecular complexity index is 620. The average Bonchev–Trinajstić information content (AvgIpc) is 2.60. The van der Waals surface area contributed by atoms with Crippen LogP contribution in [0.25, 0.3) is 0 Å². The molecule has 0 N–H and O–H groups in total. The van der Waals surface area contributed by atoms with Gasteiger partial charge in [-0.05, 0) is 49.9 Å². The van der Waals surface area contributed by atoms with Crippen LogP contribution >= 0.6 is 23.4 Å². The Balaban J connectivity index is 2.22. The number of ether oxygens (including phenoxy) is 1. The third-order valence-corrected chi connectivity index (χ3v) is 6.46. The lowest BCUT2D eigenvalue weighted by atomic mass is 9.82. The maximum Gasteiger partial charge on any atom is 0.234 e. The highest BCUT2D eigenvalue weighted by Crippen LogP contribution is 2.40. The monoisotopic (exact) mass is 399 g/mol. The van der Waals surface area contributed by atoms with Crippen LogP contribution in [0.5, 0.6) is 0 Å². The van der Waals surface area contributed by atoms with Gasteiger partial charge in [-0.2, -0.15) is 0 Å². The first-order valence-corrected chi connectivity index (χ1v) is 10.3. The molecule has 4 atom stereocenters. The molecular weight excluding hydrogens is 374 g/mol. The predicted molar refractivity (Wildman–Crippen MR) is 104 cm³/mol. The second-order valence-electron chi connectivity index (χ2n) is 6.82. The maximum atomic E-state index is 12.0. The van der Waals surface area contributed by atoms with E-state index >= 15 is 0 Å². The zero-order valence-corrected chi connectivity index (χ0v) is 17.0. The number of hydrogen-bond acceptors (Lipinski definition) is 5. The molecule has 0 amide bonds. The van der Waals surface area contributed by atoms with Crippen molar-refractivity contribution in [1.82, 2.24) is 0 Å². The molecule has 1 aromatic rings. The molecule has 144 valence electrons. The van der Waals surface area contributed by atoms with Crippen LogP contribution in [-0.2, 0) is 9.53 Å². The second-order valence-corrected chi connectivity index (χ2v) is 8.57. The molecule has 1 aromatic carbocycles. The van der Waals surface area contributed by atoms with Crippen molar-refractivity contribution in [1.29, 1.82) is 0 Å². The molecule has 5 nitrogen and oxygen atoms in total. The molecule has 0 saturated heterocycles. The highest BCUT2D eigenvalue weighted by Gasteiger charge is 2.49. The number of rotatable bonds is 8. The minimum absolute atomic E-state index is 0.0136. The van der Waals surface area contributed by atoms with E-state index in [1.807, 2.05) is 45.0 Å². The Morgan fingerprint density at radius 1 is 1.31 bits per heavy atom. The Kier molecular flexibility index (Phi) is 7.92. The Labute approximate surface area is 164 Å². The average molecular weight is 400 g/mol. The fourth-order valence-electron chi connectivity index (χ4n) is 3.45. The summed E-state index contributed by atoms with van der Waals surface area (Å²) in [5.74, 6) is -0.887. The molecular formula is C19H26ClNO4S. The summed E-state index contributed by atoms with van der Waals surface area (Å²) in [6.45, 7) is 6.05. The first-order valence-electron chi connectivity index (χ1n) is 9.07. The molecule has 1 aliphatic rings. The highest BCUT2D eigenvalue weighted by atomic mass is 35.5. The van der Waals surface area contributed by atoms with E-state index in [0.29, 0.717) is 12.8 Å². The van der Waals surface area contributed by atoms with E-state index < -0.39 is 23.3 Å². The van der Waals surface area contributed by atoms with Gasteiger partial charge in [-0.25, -0.2) is 0 Å². The van der Waals surface area contributed by atoms with E-state index in [-0.39, 0.29) is 16.3 Å². The van der Waals surface area contributed by atoms with Gasteiger partial charge in [-0.1, -0.05) is 31.5 Å². The summed E-state index contributed by atoms with van der Waals surface area (Å²) in [5.41, 5.74) is 1.17. The molecule has 0 aromatic heterocycles. The van der Waals surface area contributed by atoms with Crippen LogP contribution in [0.4, 0.5) is 0 Å². The van der Waals surface area contributed by atoms with Gasteiger partial charge in [0, 0.05) is 21.5 Å². The summed E-state index contributed by atoms with van der Waals surface area (Å²) < 4.78 is 6.11. The van der Waals surface area contributed by atoms with Crippen LogP contribution in [0.15, 0.2) is 29.2 Å². The summed E-state index contributed by atoms with van der Waals surface area (Å²) in [4.78, 5) is 24.3. The maximum absolute atomic E-state index is 12.0. The fourth-order valence-corrected chi connectivity index (χ4v) is 5.00. The largest absolute Gasteiger partial charge is 0.374 e. The number of aryl methyl sites for hydroxylation is 1. The molecule has 4 unspecified atom stereocenters. The third-order valence-electron chi connectivity index (χ3n) is 4.95. The summed E-state index contributed by atoms with van der Waals surface area (Å²) in [5, 5.41) is 11.0. The van der Waals surface area contributed by atoms with E-state index in [2.05, 4.69) is 0 Å².